The van der Waals surface area contributed by atoms with Gasteiger partial charge >= 0.3 is 5.97 Å². The van der Waals surface area contributed by atoms with Crippen LogP contribution in [0.15, 0.2) is 24.3 Å². The minimum Gasteiger partial charge on any atom is -0.484 e. The van der Waals surface area contributed by atoms with E-state index in [1.165, 1.54) is 0 Å². The van der Waals surface area contributed by atoms with E-state index >= 15 is 0 Å². The van der Waals surface area contributed by atoms with Crippen molar-refractivity contribution < 1.29 is 19.4 Å². The lowest BCUT2D eigenvalue weighted by Gasteiger charge is -2.23. The molecule has 1 atom stereocenters. The second-order valence-corrected chi connectivity index (χ2v) is 4.91. The van der Waals surface area contributed by atoms with Gasteiger partial charge in [-0.25, -0.2) is 0 Å². The first-order chi connectivity index (χ1) is 10.1. The van der Waals surface area contributed by atoms with Crippen molar-refractivity contribution in [2.75, 3.05) is 13.2 Å². The molecule has 1 aromatic rings. The van der Waals surface area contributed by atoms with Gasteiger partial charge in [0.25, 0.3) is 5.91 Å². The number of likely N-dealkylation sites (tertiary alicyclic amines) is 1. The van der Waals surface area contributed by atoms with E-state index in [1.807, 2.05) is 6.07 Å². The molecule has 1 aliphatic rings. The van der Waals surface area contributed by atoms with E-state index in [9.17, 15) is 9.59 Å². The van der Waals surface area contributed by atoms with E-state index in [-0.39, 0.29) is 25.0 Å². The molecule has 21 heavy (non-hydrogen) atoms. The molecule has 0 spiro atoms. The number of hydrogen-bond acceptors (Lipinski definition) is 4. The molecular formula is C15H16N2O4. The van der Waals surface area contributed by atoms with Crippen molar-refractivity contribution in [1.82, 2.24) is 4.90 Å². The predicted octanol–water partition coefficient (Wildman–Crippen LogP) is 1.40. The molecule has 1 fully saturated rings. The van der Waals surface area contributed by atoms with E-state index in [4.69, 9.17) is 15.1 Å². The third-order valence-corrected chi connectivity index (χ3v) is 3.45. The summed E-state index contributed by atoms with van der Waals surface area (Å²) in [6, 6.07) is 8.25. The van der Waals surface area contributed by atoms with Crippen molar-refractivity contribution in [3.05, 3.63) is 29.8 Å². The molecule has 0 radical (unpaired) electrons. The van der Waals surface area contributed by atoms with Gasteiger partial charge in [-0.2, -0.15) is 5.26 Å². The average molecular weight is 288 g/mol. The number of hydrogen-bond donors (Lipinski definition) is 1. The van der Waals surface area contributed by atoms with Gasteiger partial charge in [0.15, 0.2) is 6.61 Å². The fourth-order valence-corrected chi connectivity index (χ4v) is 2.43. The quantitative estimate of drug-likeness (QED) is 0.884. The summed E-state index contributed by atoms with van der Waals surface area (Å²) in [6.45, 7) is 0.454. The summed E-state index contributed by atoms with van der Waals surface area (Å²) in [7, 11) is 0. The number of ether oxygens (including phenoxy) is 1. The highest BCUT2D eigenvalue weighted by Crippen LogP contribution is 2.20. The second-order valence-electron chi connectivity index (χ2n) is 4.91. The summed E-state index contributed by atoms with van der Waals surface area (Å²) in [5.41, 5.74) is 0.523. The topological polar surface area (TPSA) is 90.6 Å². The zero-order valence-electron chi connectivity index (χ0n) is 11.5. The number of carboxylic acids is 1. The van der Waals surface area contributed by atoms with Crippen molar-refractivity contribution in [3.63, 3.8) is 0 Å². The molecule has 1 amide bonds. The minimum absolute atomic E-state index is 0.0252. The van der Waals surface area contributed by atoms with Gasteiger partial charge < -0.3 is 14.7 Å². The van der Waals surface area contributed by atoms with E-state index < -0.39 is 5.97 Å². The first-order valence-corrected chi connectivity index (χ1v) is 6.74. The second kappa shape index (κ2) is 6.75. The van der Waals surface area contributed by atoms with Gasteiger partial charge in [0.2, 0.25) is 0 Å². The normalized spacial score (nSPS) is 17.3. The molecule has 1 saturated heterocycles. The zero-order chi connectivity index (χ0) is 15.2. The van der Waals surface area contributed by atoms with E-state index in [0.29, 0.717) is 17.9 Å². The molecule has 6 nitrogen and oxygen atoms in total. The number of carbonyl (C=O) groups excluding carboxylic acids is 1. The molecular weight excluding hydrogens is 272 g/mol. The third-order valence-electron chi connectivity index (χ3n) is 3.45. The number of carbonyl (C=O) groups is 2. The smallest absolute Gasteiger partial charge is 0.305 e. The first-order valence-electron chi connectivity index (χ1n) is 6.74. The molecule has 1 heterocycles. The maximum Gasteiger partial charge on any atom is 0.305 e. The number of carboxylic acid groups (broad SMARTS) is 1. The van der Waals surface area contributed by atoms with Crippen LogP contribution in [0.25, 0.3) is 0 Å². The van der Waals surface area contributed by atoms with E-state index in [1.54, 1.807) is 29.2 Å². The number of rotatable bonds is 5. The number of nitrogens with zero attached hydrogens (tertiary/aromatic N) is 2. The molecule has 0 aromatic heterocycles. The molecule has 110 valence electrons. The summed E-state index contributed by atoms with van der Waals surface area (Å²) in [4.78, 5) is 24.4. The van der Waals surface area contributed by atoms with Crippen LogP contribution in [0.2, 0.25) is 0 Å². The Morgan fingerprint density at radius 1 is 1.38 bits per heavy atom. The molecule has 1 unspecified atom stereocenters. The Morgan fingerprint density at radius 2 is 2.10 bits per heavy atom. The molecule has 1 aliphatic heterocycles. The monoisotopic (exact) mass is 288 g/mol. The maximum atomic E-state index is 12.1. The van der Waals surface area contributed by atoms with Crippen LogP contribution < -0.4 is 4.74 Å². The van der Waals surface area contributed by atoms with Crippen LogP contribution in [-0.4, -0.2) is 41.1 Å². The van der Waals surface area contributed by atoms with Gasteiger partial charge in [-0.3, -0.25) is 9.59 Å². The number of aliphatic carboxylic acids is 1. The van der Waals surface area contributed by atoms with E-state index in [2.05, 4.69) is 0 Å². The van der Waals surface area contributed by atoms with Gasteiger partial charge in [-0.05, 0) is 37.1 Å². The maximum absolute atomic E-state index is 12.1. The number of nitriles is 1. The average Bonchev–Trinajstić information content (AvgIpc) is 2.92. The van der Waals surface area contributed by atoms with Crippen molar-refractivity contribution >= 4 is 11.9 Å². The van der Waals surface area contributed by atoms with Gasteiger partial charge in [0, 0.05) is 12.6 Å². The lowest BCUT2D eigenvalue weighted by molar-refractivity contribution is -0.140. The summed E-state index contributed by atoms with van der Waals surface area (Å²) < 4.78 is 5.38. The standard InChI is InChI=1S/C15H16N2O4/c16-9-11-3-5-13(6-4-11)21-10-14(18)17-7-1-2-12(17)8-15(19)20/h3-6,12H,1-2,7-8,10H2,(H,19,20). The number of benzene rings is 1. The van der Waals surface area contributed by atoms with Crippen LogP contribution in [-0.2, 0) is 9.59 Å². The van der Waals surface area contributed by atoms with Gasteiger partial charge in [-0.15, -0.1) is 0 Å². The van der Waals surface area contributed by atoms with Crippen molar-refractivity contribution in [2.24, 2.45) is 0 Å². The van der Waals surface area contributed by atoms with Gasteiger partial charge in [0.1, 0.15) is 5.75 Å². The predicted molar refractivity (Wildman–Crippen MR) is 73.6 cm³/mol. The fraction of sp³-hybridized carbons (Fsp3) is 0.400. The Morgan fingerprint density at radius 3 is 2.71 bits per heavy atom. The number of amides is 1. The van der Waals surface area contributed by atoms with Crippen LogP contribution in [0.1, 0.15) is 24.8 Å². The van der Waals surface area contributed by atoms with Crippen molar-refractivity contribution in [3.8, 4) is 11.8 Å². The molecule has 0 saturated carbocycles. The summed E-state index contributed by atoms with van der Waals surface area (Å²) in [6.07, 6.45) is 1.51. The highest BCUT2D eigenvalue weighted by atomic mass is 16.5. The zero-order valence-corrected chi connectivity index (χ0v) is 11.5. The van der Waals surface area contributed by atoms with Crippen molar-refractivity contribution in [1.29, 1.82) is 5.26 Å². The highest BCUT2D eigenvalue weighted by molar-refractivity contribution is 5.79. The highest BCUT2D eigenvalue weighted by Gasteiger charge is 2.30. The molecule has 2 rings (SSSR count). The summed E-state index contributed by atoms with van der Waals surface area (Å²) in [5.74, 6) is -0.591. The molecule has 0 aliphatic carbocycles. The lowest BCUT2D eigenvalue weighted by Crippen LogP contribution is -2.39. The van der Waals surface area contributed by atoms with Crippen LogP contribution in [0.5, 0.6) is 5.75 Å². The Kier molecular flexibility index (Phi) is 4.77. The Hall–Kier alpha value is -2.55. The lowest BCUT2D eigenvalue weighted by atomic mass is 10.1. The fourth-order valence-electron chi connectivity index (χ4n) is 2.43. The molecule has 6 heteroatoms. The minimum atomic E-state index is -0.896. The summed E-state index contributed by atoms with van der Waals surface area (Å²) >= 11 is 0. The third kappa shape index (κ3) is 3.96. The largest absolute Gasteiger partial charge is 0.484 e. The van der Waals surface area contributed by atoms with Crippen LogP contribution in [0.3, 0.4) is 0 Å². The molecule has 1 aromatic carbocycles. The SMILES string of the molecule is N#Cc1ccc(OCC(=O)N2CCCC2CC(=O)O)cc1. The molecule has 1 N–H and O–H groups in total. The molecule has 0 bridgehead atoms. The van der Waals surface area contributed by atoms with Crippen LogP contribution in [0.4, 0.5) is 0 Å². The van der Waals surface area contributed by atoms with Gasteiger partial charge in [0.05, 0.1) is 18.1 Å². The Bertz CT molecular complexity index is 562. The summed E-state index contributed by atoms with van der Waals surface area (Å²) in [5, 5.41) is 17.5. The van der Waals surface area contributed by atoms with E-state index in [0.717, 1.165) is 12.8 Å². The van der Waals surface area contributed by atoms with Gasteiger partial charge in [-0.1, -0.05) is 0 Å². The first kappa shape index (κ1) is 14.9. The van der Waals surface area contributed by atoms with Crippen LogP contribution >= 0.6 is 0 Å². The van der Waals surface area contributed by atoms with Crippen LogP contribution in [0, 0.1) is 11.3 Å². The Labute approximate surface area is 122 Å². The van der Waals surface area contributed by atoms with Crippen molar-refractivity contribution in [2.45, 2.75) is 25.3 Å². The Balaban J connectivity index is 1.88.